The Balaban J connectivity index is 3.27. The molecule has 3 N–H and O–H groups in total. The largest absolute Gasteiger partial charge is 0.480 e. The number of alkyl halides is 1. The molecule has 0 heterocycles. The van der Waals surface area contributed by atoms with Gasteiger partial charge in [0.1, 0.15) is 6.04 Å². The molecule has 3 nitrogen and oxygen atoms in total. The van der Waals surface area contributed by atoms with Crippen LogP contribution in [0.2, 0.25) is 0 Å². The van der Waals surface area contributed by atoms with Crippen LogP contribution in [0.4, 0.5) is 0 Å². The molecule has 0 aliphatic heterocycles. The van der Waals surface area contributed by atoms with Crippen molar-refractivity contribution in [3.05, 3.63) is 0 Å². The van der Waals surface area contributed by atoms with E-state index in [0.717, 1.165) is 11.8 Å². The zero-order chi connectivity index (χ0) is 7.28. The monoisotopic (exact) mass is 195 g/mol. The average molecular weight is 196 g/mol. The van der Waals surface area contributed by atoms with Gasteiger partial charge in [-0.15, -0.1) is 0 Å². The normalized spacial score (nSPS) is 13.1. The van der Waals surface area contributed by atoms with Crippen LogP contribution in [-0.2, 0) is 4.79 Å². The molecule has 1 atom stereocenters. The van der Waals surface area contributed by atoms with Crippen LogP contribution in [-0.4, -0.2) is 22.4 Å². The Morgan fingerprint density at radius 3 is 2.67 bits per heavy atom. The molecule has 0 amide bonds. The minimum absolute atomic E-state index is 0.542. The van der Waals surface area contributed by atoms with Crippen LogP contribution >= 0.6 is 15.9 Å². The van der Waals surface area contributed by atoms with Crippen molar-refractivity contribution in [1.82, 2.24) is 0 Å². The number of carboxylic acids is 1. The maximum atomic E-state index is 10.1. The Kier molecular flexibility index (Phi) is 4.71. The van der Waals surface area contributed by atoms with E-state index in [1.165, 1.54) is 0 Å². The van der Waals surface area contributed by atoms with E-state index in [2.05, 4.69) is 15.9 Å². The third-order valence-corrected chi connectivity index (χ3v) is 1.53. The van der Waals surface area contributed by atoms with Gasteiger partial charge in [-0.3, -0.25) is 4.79 Å². The minimum Gasteiger partial charge on any atom is -0.480 e. The average Bonchev–Trinajstić information content (AvgIpc) is 1.82. The number of carbonyl (C=O) groups is 1. The molecule has 54 valence electrons. The summed E-state index contributed by atoms with van der Waals surface area (Å²) in [4.78, 5) is 10.1. The van der Waals surface area contributed by atoms with Crippen LogP contribution in [0, 0.1) is 0 Å². The molecule has 0 rings (SSSR count). The quantitative estimate of drug-likeness (QED) is 0.646. The van der Waals surface area contributed by atoms with E-state index in [1.807, 2.05) is 0 Å². The Labute approximate surface area is 62.4 Å². The second-order valence-corrected chi connectivity index (χ2v) is 2.57. The molecule has 0 radical (unpaired) electrons. The van der Waals surface area contributed by atoms with Crippen LogP contribution in [0.15, 0.2) is 0 Å². The summed E-state index contributed by atoms with van der Waals surface area (Å²) in [5.41, 5.74) is 5.18. The van der Waals surface area contributed by atoms with E-state index < -0.39 is 12.0 Å². The zero-order valence-electron chi connectivity index (χ0n) is 5.01. The molecule has 0 bridgehead atoms. The predicted molar refractivity (Wildman–Crippen MR) is 38.6 cm³/mol. The zero-order valence-corrected chi connectivity index (χ0v) is 6.60. The third kappa shape index (κ3) is 4.42. The molecule has 0 aliphatic carbocycles. The molecule has 0 unspecified atom stereocenters. The summed E-state index contributed by atoms with van der Waals surface area (Å²) < 4.78 is 0. The molecule has 0 aromatic rings. The van der Waals surface area contributed by atoms with E-state index in [0.29, 0.717) is 6.42 Å². The summed E-state index contributed by atoms with van der Waals surface area (Å²) in [5.74, 6) is -0.920. The first-order valence-corrected chi connectivity index (χ1v) is 3.85. The van der Waals surface area contributed by atoms with E-state index in [4.69, 9.17) is 10.8 Å². The van der Waals surface area contributed by atoms with Crippen molar-refractivity contribution in [1.29, 1.82) is 0 Å². The van der Waals surface area contributed by atoms with Crippen LogP contribution < -0.4 is 5.73 Å². The summed E-state index contributed by atoms with van der Waals surface area (Å²) in [5, 5.41) is 9.08. The van der Waals surface area contributed by atoms with E-state index in [9.17, 15) is 4.79 Å². The van der Waals surface area contributed by atoms with Gasteiger partial charge in [0.15, 0.2) is 0 Å². The lowest BCUT2D eigenvalue weighted by atomic mass is 10.2. The molecule has 0 aliphatic rings. The highest BCUT2D eigenvalue weighted by atomic mass is 79.9. The molecule has 0 fully saturated rings. The Morgan fingerprint density at radius 2 is 2.33 bits per heavy atom. The molecule has 0 aromatic carbocycles. The summed E-state index contributed by atoms with van der Waals surface area (Å²) in [6.45, 7) is 0. The first kappa shape index (κ1) is 8.91. The fraction of sp³-hybridized carbons (Fsp3) is 0.800. The first-order chi connectivity index (χ1) is 4.18. The molecule has 0 aromatic heterocycles. The Hall–Kier alpha value is -0.0900. The lowest BCUT2D eigenvalue weighted by Gasteiger charge is -2.01. The maximum Gasteiger partial charge on any atom is 0.320 e. The Bertz CT molecular complexity index is 97.0. The highest BCUT2D eigenvalue weighted by molar-refractivity contribution is 9.09. The lowest BCUT2D eigenvalue weighted by molar-refractivity contribution is -0.138. The van der Waals surface area contributed by atoms with Gasteiger partial charge in [0.25, 0.3) is 0 Å². The van der Waals surface area contributed by atoms with Gasteiger partial charge >= 0.3 is 5.97 Å². The van der Waals surface area contributed by atoms with Gasteiger partial charge < -0.3 is 10.8 Å². The van der Waals surface area contributed by atoms with Crippen molar-refractivity contribution < 1.29 is 9.90 Å². The highest BCUT2D eigenvalue weighted by Gasteiger charge is 2.08. The molecule has 0 saturated carbocycles. The molecule has 4 heteroatoms. The van der Waals surface area contributed by atoms with Crippen molar-refractivity contribution in [3.63, 3.8) is 0 Å². The highest BCUT2D eigenvalue weighted by Crippen LogP contribution is 1.96. The van der Waals surface area contributed by atoms with Gasteiger partial charge in [0, 0.05) is 5.33 Å². The predicted octanol–water partition coefficient (Wildman–Crippen LogP) is 0.573. The Morgan fingerprint density at radius 1 is 1.78 bits per heavy atom. The number of aliphatic carboxylic acids is 1. The number of hydrogen-bond donors (Lipinski definition) is 2. The lowest BCUT2D eigenvalue weighted by Crippen LogP contribution is -2.29. The summed E-state index contributed by atoms with van der Waals surface area (Å²) >= 11 is 3.18. The minimum atomic E-state index is -0.920. The SMILES string of the molecule is N[C@@H](CCCBr)C(=O)O. The second kappa shape index (κ2) is 4.76. The van der Waals surface area contributed by atoms with Gasteiger partial charge in [0.2, 0.25) is 0 Å². The fourth-order valence-corrected chi connectivity index (χ4v) is 0.744. The van der Waals surface area contributed by atoms with E-state index in [-0.39, 0.29) is 0 Å². The van der Waals surface area contributed by atoms with Crippen LogP contribution in [0.5, 0.6) is 0 Å². The molecular formula is C5H10BrNO2. The number of hydrogen-bond acceptors (Lipinski definition) is 2. The summed E-state index contributed by atoms with van der Waals surface area (Å²) in [6, 6.07) is -0.692. The van der Waals surface area contributed by atoms with Crippen molar-refractivity contribution in [2.24, 2.45) is 5.73 Å². The molecular weight excluding hydrogens is 186 g/mol. The van der Waals surface area contributed by atoms with Crippen molar-refractivity contribution >= 4 is 21.9 Å². The standard InChI is InChI=1S/C5H10BrNO2/c6-3-1-2-4(7)5(8)9/h4H,1-3,7H2,(H,8,9)/t4-/m0/s1. The van der Waals surface area contributed by atoms with E-state index >= 15 is 0 Å². The van der Waals surface area contributed by atoms with Gasteiger partial charge in [-0.1, -0.05) is 15.9 Å². The van der Waals surface area contributed by atoms with Crippen molar-refractivity contribution in [2.45, 2.75) is 18.9 Å². The van der Waals surface area contributed by atoms with Crippen LogP contribution in [0.1, 0.15) is 12.8 Å². The van der Waals surface area contributed by atoms with E-state index in [1.54, 1.807) is 0 Å². The fourth-order valence-electron chi connectivity index (χ4n) is 0.421. The van der Waals surface area contributed by atoms with Crippen LogP contribution in [0.25, 0.3) is 0 Å². The number of carboxylic acid groups (broad SMARTS) is 1. The van der Waals surface area contributed by atoms with Gasteiger partial charge in [-0.25, -0.2) is 0 Å². The third-order valence-electron chi connectivity index (χ3n) is 0.966. The summed E-state index contributed by atoms with van der Waals surface area (Å²) in [6.07, 6.45) is 1.36. The van der Waals surface area contributed by atoms with Gasteiger partial charge in [0.05, 0.1) is 0 Å². The van der Waals surface area contributed by atoms with Crippen LogP contribution in [0.3, 0.4) is 0 Å². The molecule has 0 saturated heterocycles. The molecule has 9 heavy (non-hydrogen) atoms. The number of rotatable bonds is 4. The molecule has 0 spiro atoms. The number of nitrogens with two attached hydrogens (primary N) is 1. The first-order valence-electron chi connectivity index (χ1n) is 2.73. The number of halogens is 1. The second-order valence-electron chi connectivity index (χ2n) is 1.78. The summed E-state index contributed by atoms with van der Waals surface area (Å²) in [7, 11) is 0. The maximum absolute atomic E-state index is 10.1. The van der Waals surface area contributed by atoms with Crippen molar-refractivity contribution in [2.75, 3.05) is 5.33 Å². The topological polar surface area (TPSA) is 63.3 Å². The smallest absolute Gasteiger partial charge is 0.320 e. The van der Waals surface area contributed by atoms with Gasteiger partial charge in [-0.05, 0) is 12.8 Å². The van der Waals surface area contributed by atoms with Gasteiger partial charge in [-0.2, -0.15) is 0 Å². The van der Waals surface area contributed by atoms with Crippen molar-refractivity contribution in [3.8, 4) is 0 Å².